The number of methoxy groups -OCH3 is 1. The smallest absolute Gasteiger partial charge is 0.343 e. The molecule has 3 rings (SSSR count). The number of pyridine rings is 1. The summed E-state index contributed by atoms with van der Waals surface area (Å²) in [5.41, 5.74) is 1.99. The molecule has 1 aromatic heterocycles. The van der Waals surface area contributed by atoms with Crippen LogP contribution in [-0.4, -0.2) is 18.1 Å². The average Bonchev–Trinajstić information content (AvgIpc) is 2.63. The highest BCUT2D eigenvalue weighted by Crippen LogP contribution is 2.28. The van der Waals surface area contributed by atoms with Crippen LogP contribution in [-0.2, 0) is 0 Å². The van der Waals surface area contributed by atoms with Gasteiger partial charge < -0.3 is 9.47 Å². The van der Waals surface area contributed by atoms with E-state index in [2.05, 4.69) is 4.98 Å². The topological polar surface area (TPSA) is 48.4 Å². The SMILES string of the molecule is COc1ccc(C(=O)Oc2ccccc2-c2ccccn2)cc1. The van der Waals surface area contributed by atoms with Gasteiger partial charge in [-0.1, -0.05) is 18.2 Å². The highest BCUT2D eigenvalue weighted by molar-refractivity contribution is 5.92. The first-order chi connectivity index (χ1) is 11.3. The molecule has 4 heteroatoms. The second-order valence-electron chi connectivity index (χ2n) is 4.83. The normalized spacial score (nSPS) is 10.1. The van der Waals surface area contributed by atoms with Gasteiger partial charge in [-0.25, -0.2) is 4.79 Å². The molecule has 0 aliphatic carbocycles. The minimum Gasteiger partial charge on any atom is -0.497 e. The fraction of sp³-hybridized carbons (Fsp3) is 0.0526. The van der Waals surface area contributed by atoms with Crippen molar-refractivity contribution in [1.82, 2.24) is 4.98 Å². The third kappa shape index (κ3) is 3.37. The van der Waals surface area contributed by atoms with Crippen molar-refractivity contribution in [3.05, 3.63) is 78.5 Å². The Labute approximate surface area is 134 Å². The number of carbonyl (C=O) groups excluding carboxylic acids is 1. The first kappa shape index (κ1) is 14.8. The van der Waals surface area contributed by atoms with E-state index in [-0.39, 0.29) is 0 Å². The molecule has 23 heavy (non-hydrogen) atoms. The van der Waals surface area contributed by atoms with Gasteiger partial charge in [0.2, 0.25) is 0 Å². The van der Waals surface area contributed by atoms with Crippen molar-refractivity contribution in [3.8, 4) is 22.8 Å². The summed E-state index contributed by atoms with van der Waals surface area (Å²) in [4.78, 5) is 16.6. The highest BCUT2D eigenvalue weighted by Gasteiger charge is 2.13. The van der Waals surface area contributed by atoms with Crippen molar-refractivity contribution in [2.24, 2.45) is 0 Å². The third-order valence-electron chi connectivity index (χ3n) is 3.36. The Balaban J connectivity index is 1.86. The number of hydrogen-bond donors (Lipinski definition) is 0. The van der Waals surface area contributed by atoms with E-state index in [1.54, 1.807) is 43.6 Å². The van der Waals surface area contributed by atoms with Crippen LogP contribution in [0.15, 0.2) is 72.9 Å². The van der Waals surface area contributed by atoms with E-state index < -0.39 is 5.97 Å². The van der Waals surface area contributed by atoms with Gasteiger partial charge in [0.25, 0.3) is 0 Å². The van der Waals surface area contributed by atoms with Crippen molar-refractivity contribution in [1.29, 1.82) is 0 Å². The molecule has 0 atom stereocenters. The van der Waals surface area contributed by atoms with E-state index in [9.17, 15) is 4.79 Å². The van der Waals surface area contributed by atoms with Crippen molar-refractivity contribution in [3.63, 3.8) is 0 Å². The van der Waals surface area contributed by atoms with Crippen molar-refractivity contribution < 1.29 is 14.3 Å². The number of benzene rings is 2. The van der Waals surface area contributed by atoms with Crippen LogP contribution in [0.2, 0.25) is 0 Å². The van der Waals surface area contributed by atoms with Crippen LogP contribution in [0.5, 0.6) is 11.5 Å². The lowest BCUT2D eigenvalue weighted by Gasteiger charge is -2.10. The number of nitrogens with zero attached hydrogens (tertiary/aromatic N) is 1. The summed E-state index contributed by atoms with van der Waals surface area (Å²) in [6.07, 6.45) is 1.71. The predicted molar refractivity (Wildman–Crippen MR) is 87.6 cm³/mol. The molecule has 4 nitrogen and oxygen atoms in total. The quantitative estimate of drug-likeness (QED) is 0.540. The lowest BCUT2D eigenvalue weighted by Crippen LogP contribution is -2.09. The number of hydrogen-bond acceptors (Lipinski definition) is 4. The number of para-hydroxylation sites is 1. The molecule has 0 N–H and O–H groups in total. The fourth-order valence-corrected chi connectivity index (χ4v) is 2.18. The first-order valence-electron chi connectivity index (χ1n) is 7.14. The van der Waals surface area contributed by atoms with E-state index in [0.29, 0.717) is 17.1 Å². The minimum absolute atomic E-state index is 0.420. The molecule has 1 heterocycles. The van der Waals surface area contributed by atoms with E-state index >= 15 is 0 Å². The summed E-state index contributed by atoms with van der Waals surface area (Å²) < 4.78 is 10.6. The number of esters is 1. The monoisotopic (exact) mass is 305 g/mol. The van der Waals surface area contributed by atoms with Crippen LogP contribution in [0.1, 0.15) is 10.4 Å². The number of ether oxygens (including phenoxy) is 2. The van der Waals surface area contributed by atoms with Gasteiger partial charge in [-0.15, -0.1) is 0 Å². The predicted octanol–water partition coefficient (Wildman–Crippen LogP) is 3.98. The summed E-state index contributed by atoms with van der Waals surface area (Å²) in [6, 6.07) is 19.7. The maximum Gasteiger partial charge on any atom is 0.343 e. The lowest BCUT2D eigenvalue weighted by atomic mass is 10.1. The fourth-order valence-electron chi connectivity index (χ4n) is 2.18. The number of aromatic nitrogens is 1. The van der Waals surface area contributed by atoms with Gasteiger partial charge >= 0.3 is 5.97 Å². The zero-order chi connectivity index (χ0) is 16.1. The highest BCUT2D eigenvalue weighted by atomic mass is 16.5. The van der Waals surface area contributed by atoms with E-state index in [1.807, 2.05) is 36.4 Å². The van der Waals surface area contributed by atoms with Crippen LogP contribution < -0.4 is 9.47 Å². The molecule has 0 radical (unpaired) electrons. The van der Waals surface area contributed by atoms with Crippen molar-refractivity contribution >= 4 is 5.97 Å². The summed E-state index contributed by atoms with van der Waals surface area (Å²) in [6.45, 7) is 0. The Hall–Kier alpha value is -3.14. The minimum atomic E-state index is -0.420. The van der Waals surface area contributed by atoms with Crippen LogP contribution >= 0.6 is 0 Å². The summed E-state index contributed by atoms with van der Waals surface area (Å²) in [5, 5.41) is 0. The van der Waals surface area contributed by atoms with Gasteiger partial charge in [0, 0.05) is 11.8 Å². The largest absolute Gasteiger partial charge is 0.497 e. The molecule has 0 unspecified atom stereocenters. The Bertz CT molecular complexity index is 798. The number of rotatable bonds is 4. The Kier molecular flexibility index (Phi) is 4.34. The van der Waals surface area contributed by atoms with Crippen LogP contribution in [0.25, 0.3) is 11.3 Å². The second kappa shape index (κ2) is 6.75. The summed E-state index contributed by atoms with van der Waals surface area (Å²) >= 11 is 0. The van der Waals surface area contributed by atoms with Gasteiger partial charge in [0.05, 0.1) is 18.4 Å². The van der Waals surface area contributed by atoms with Crippen LogP contribution in [0.3, 0.4) is 0 Å². The van der Waals surface area contributed by atoms with E-state index in [1.165, 1.54) is 0 Å². The standard InChI is InChI=1S/C19H15NO3/c1-22-15-11-9-14(10-12-15)19(21)23-18-8-3-2-6-16(18)17-7-4-5-13-20-17/h2-13H,1H3. The maximum absolute atomic E-state index is 12.3. The maximum atomic E-state index is 12.3. The molecule has 0 aliphatic rings. The van der Waals surface area contributed by atoms with Gasteiger partial charge in [-0.3, -0.25) is 4.98 Å². The zero-order valence-corrected chi connectivity index (χ0v) is 12.6. The Morgan fingerprint density at radius 1 is 0.913 bits per heavy atom. The Morgan fingerprint density at radius 2 is 1.65 bits per heavy atom. The van der Waals surface area contributed by atoms with Crippen molar-refractivity contribution in [2.75, 3.05) is 7.11 Å². The molecule has 0 spiro atoms. The van der Waals surface area contributed by atoms with Gasteiger partial charge in [0.1, 0.15) is 11.5 Å². The Morgan fingerprint density at radius 3 is 2.35 bits per heavy atom. The molecule has 0 amide bonds. The van der Waals surface area contributed by atoms with Crippen LogP contribution in [0, 0.1) is 0 Å². The lowest BCUT2D eigenvalue weighted by molar-refractivity contribution is 0.0735. The molecule has 3 aromatic rings. The molecule has 0 saturated carbocycles. The zero-order valence-electron chi connectivity index (χ0n) is 12.6. The molecule has 0 fully saturated rings. The number of carbonyl (C=O) groups is 1. The van der Waals surface area contributed by atoms with E-state index in [0.717, 1.165) is 11.3 Å². The average molecular weight is 305 g/mol. The summed E-state index contributed by atoms with van der Waals surface area (Å²) in [5.74, 6) is 0.749. The molecule has 0 bridgehead atoms. The van der Waals surface area contributed by atoms with Gasteiger partial charge in [-0.2, -0.15) is 0 Å². The molecule has 2 aromatic carbocycles. The van der Waals surface area contributed by atoms with E-state index in [4.69, 9.17) is 9.47 Å². The molecule has 114 valence electrons. The van der Waals surface area contributed by atoms with Crippen molar-refractivity contribution in [2.45, 2.75) is 0 Å². The molecular formula is C19H15NO3. The summed E-state index contributed by atoms with van der Waals surface area (Å²) in [7, 11) is 1.58. The van der Waals surface area contributed by atoms with Gasteiger partial charge in [0.15, 0.2) is 0 Å². The third-order valence-corrected chi connectivity index (χ3v) is 3.36. The molecular weight excluding hydrogens is 290 g/mol. The first-order valence-corrected chi connectivity index (χ1v) is 7.14. The second-order valence-corrected chi connectivity index (χ2v) is 4.83. The van der Waals surface area contributed by atoms with Crippen LogP contribution in [0.4, 0.5) is 0 Å². The van der Waals surface area contributed by atoms with Gasteiger partial charge in [-0.05, 0) is 48.5 Å². The molecule has 0 saturated heterocycles. The molecule has 0 aliphatic heterocycles.